The Morgan fingerprint density at radius 2 is 1.78 bits per heavy atom. The fourth-order valence-electron chi connectivity index (χ4n) is 3.23. The third kappa shape index (κ3) is 1.25. The molecule has 4 nitrogen and oxygen atoms in total. The van der Waals surface area contributed by atoms with E-state index in [4.69, 9.17) is 9.47 Å². The molecule has 1 saturated carbocycles. The van der Waals surface area contributed by atoms with Crippen molar-refractivity contribution >= 4 is 11.6 Å². The summed E-state index contributed by atoms with van der Waals surface area (Å²) in [4.78, 5) is 12.2. The van der Waals surface area contributed by atoms with E-state index < -0.39 is 5.79 Å². The summed E-state index contributed by atoms with van der Waals surface area (Å²) < 4.78 is 12.0. The van der Waals surface area contributed by atoms with E-state index in [0.29, 0.717) is 0 Å². The summed E-state index contributed by atoms with van der Waals surface area (Å²) in [5, 5.41) is 2.85. The van der Waals surface area contributed by atoms with Gasteiger partial charge in [0.1, 0.15) is 0 Å². The molecule has 0 radical (unpaired) electrons. The van der Waals surface area contributed by atoms with Gasteiger partial charge in [0, 0.05) is 5.56 Å². The molecule has 0 aromatic heterocycles. The van der Waals surface area contributed by atoms with Crippen LogP contribution in [0.5, 0.6) is 0 Å². The van der Waals surface area contributed by atoms with Crippen LogP contribution in [0.4, 0.5) is 5.69 Å². The lowest BCUT2D eigenvalue weighted by Crippen LogP contribution is -2.36. The summed E-state index contributed by atoms with van der Waals surface area (Å²) in [6.45, 7) is 0. The van der Waals surface area contributed by atoms with Crippen LogP contribution in [0.2, 0.25) is 0 Å². The molecule has 0 bridgehead atoms. The third-order valence-corrected chi connectivity index (χ3v) is 4.11. The number of benzene rings is 1. The maximum Gasteiger partial charge on any atom is 0.289 e. The quantitative estimate of drug-likeness (QED) is 0.761. The van der Waals surface area contributed by atoms with Gasteiger partial charge >= 0.3 is 0 Å². The second kappa shape index (κ2) is 3.56. The molecule has 1 aromatic rings. The van der Waals surface area contributed by atoms with Gasteiger partial charge in [-0.2, -0.15) is 0 Å². The monoisotopic (exact) mass is 245 g/mol. The molecule has 2 heterocycles. The molecule has 1 amide bonds. The van der Waals surface area contributed by atoms with E-state index in [1.54, 1.807) is 0 Å². The van der Waals surface area contributed by atoms with Crippen LogP contribution in [-0.4, -0.2) is 18.1 Å². The molecule has 1 saturated heterocycles. The maximum atomic E-state index is 12.2. The highest BCUT2D eigenvalue weighted by atomic mass is 16.8. The van der Waals surface area contributed by atoms with Crippen LogP contribution < -0.4 is 5.32 Å². The largest absolute Gasteiger partial charge is 0.332 e. The summed E-state index contributed by atoms with van der Waals surface area (Å²) in [6, 6.07) is 7.61. The first-order chi connectivity index (χ1) is 8.79. The second-order valence-corrected chi connectivity index (χ2v) is 5.21. The molecule has 3 atom stereocenters. The Bertz CT molecular complexity index is 500. The number of anilines is 1. The standard InChI is InChI=1S/C14H15NO3/c16-13-14(9-5-1-2-6-10(9)15-13)17-11-7-3-4-8-12(11)18-14/h1-2,5-6,11-12H,3-4,7-8H2,(H,15,16)/t11-,12+,14?. The fourth-order valence-corrected chi connectivity index (χ4v) is 3.23. The van der Waals surface area contributed by atoms with E-state index in [2.05, 4.69) is 5.32 Å². The van der Waals surface area contributed by atoms with Crippen molar-refractivity contribution in [1.29, 1.82) is 0 Å². The molecule has 1 N–H and O–H groups in total. The second-order valence-electron chi connectivity index (χ2n) is 5.21. The van der Waals surface area contributed by atoms with E-state index in [-0.39, 0.29) is 18.1 Å². The van der Waals surface area contributed by atoms with Crippen molar-refractivity contribution in [2.75, 3.05) is 5.32 Å². The molecule has 1 spiro atoms. The molecular formula is C14H15NO3. The van der Waals surface area contributed by atoms with Crippen molar-refractivity contribution in [2.24, 2.45) is 0 Å². The van der Waals surface area contributed by atoms with Gasteiger partial charge in [-0.05, 0) is 18.9 Å². The van der Waals surface area contributed by atoms with Crippen LogP contribution in [0.15, 0.2) is 24.3 Å². The zero-order valence-corrected chi connectivity index (χ0v) is 10.0. The van der Waals surface area contributed by atoms with Crippen LogP contribution >= 0.6 is 0 Å². The van der Waals surface area contributed by atoms with E-state index in [1.807, 2.05) is 24.3 Å². The maximum absolute atomic E-state index is 12.2. The Morgan fingerprint density at radius 3 is 2.50 bits per heavy atom. The molecule has 1 aromatic carbocycles. The number of ether oxygens (including phenoxy) is 2. The summed E-state index contributed by atoms with van der Waals surface area (Å²) >= 11 is 0. The van der Waals surface area contributed by atoms with Gasteiger partial charge in [0.2, 0.25) is 0 Å². The first-order valence-electron chi connectivity index (χ1n) is 6.56. The van der Waals surface area contributed by atoms with Crippen LogP contribution in [0.1, 0.15) is 31.2 Å². The Morgan fingerprint density at radius 1 is 1.11 bits per heavy atom. The van der Waals surface area contributed by atoms with Crippen molar-refractivity contribution in [3.8, 4) is 0 Å². The number of hydrogen-bond donors (Lipinski definition) is 1. The van der Waals surface area contributed by atoms with Gasteiger partial charge in [-0.3, -0.25) is 4.79 Å². The van der Waals surface area contributed by atoms with Crippen molar-refractivity contribution < 1.29 is 14.3 Å². The lowest BCUT2D eigenvalue weighted by atomic mass is 9.95. The first kappa shape index (κ1) is 10.5. The average molecular weight is 245 g/mol. The Labute approximate surface area is 105 Å². The van der Waals surface area contributed by atoms with E-state index in [9.17, 15) is 4.79 Å². The first-order valence-corrected chi connectivity index (χ1v) is 6.56. The third-order valence-electron chi connectivity index (χ3n) is 4.11. The molecule has 4 rings (SSSR count). The predicted molar refractivity (Wildman–Crippen MR) is 65.0 cm³/mol. The van der Waals surface area contributed by atoms with Gasteiger partial charge in [-0.15, -0.1) is 0 Å². The van der Waals surface area contributed by atoms with E-state index >= 15 is 0 Å². The summed E-state index contributed by atoms with van der Waals surface area (Å²) in [5.74, 6) is -1.37. The SMILES string of the molecule is O=C1Nc2ccccc2C12O[C@H]1CCCC[C@H]1O2. The number of nitrogens with one attached hydrogen (secondary N) is 1. The molecule has 4 heteroatoms. The van der Waals surface area contributed by atoms with E-state index in [1.165, 1.54) is 0 Å². The molecule has 2 aliphatic heterocycles. The number of para-hydroxylation sites is 1. The average Bonchev–Trinajstić information content (AvgIpc) is 2.90. The lowest BCUT2D eigenvalue weighted by Gasteiger charge is -2.20. The van der Waals surface area contributed by atoms with Crippen LogP contribution in [0.3, 0.4) is 0 Å². The molecule has 94 valence electrons. The van der Waals surface area contributed by atoms with Crippen LogP contribution in [-0.2, 0) is 20.1 Å². The smallest absolute Gasteiger partial charge is 0.289 e. The summed E-state index contributed by atoms with van der Waals surface area (Å²) in [7, 11) is 0. The van der Waals surface area contributed by atoms with Crippen LogP contribution in [0.25, 0.3) is 0 Å². The van der Waals surface area contributed by atoms with E-state index in [0.717, 1.165) is 36.9 Å². The summed E-state index contributed by atoms with van der Waals surface area (Å²) in [5.41, 5.74) is 1.63. The van der Waals surface area contributed by atoms with Gasteiger partial charge in [0.15, 0.2) is 0 Å². The molecule has 1 aliphatic carbocycles. The Kier molecular flexibility index (Phi) is 2.08. The zero-order valence-electron chi connectivity index (χ0n) is 10.0. The highest BCUT2D eigenvalue weighted by molar-refractivity contribution is 6.04. The van der Waals surface area contributed by atoms with Crippen molar-refractivity contribution in [3.05, 3.63) is 29.8 Å². The Hall–Kier alpha value is -1.39. The van der Waals surface area contributed by atoms with Gasteiger partial charge in [0.25, 0.3) is 11.7 Å². The van der Waals surface area contributed by atoms with Gasteiger partial charge in [0.05, 0.1) is 17.9 Å². The fraction of sp³-hybridized carbons (Fsp3) is 0.500. The normalized spacial score (nSPS) is 37.4. The molecule has 3 aliphatic rings. The summed E-state index contributed by atoms with van der Waals surface area (Å²) in [6.07, 6.45) is 4.42. The van der Waals surface area contributed by atoms with Crippen molar-refractivity contribution in [1.82, 2.24) is 0 Å². The number of hydrogen-bond acceptors (Lipinski definition) is 3. The van der Waals surface area contributed by atoms with Gasteiger partial charge < -0.3 is 14.8 Å². The molecule has 2 fully saturated rings. The zero-order chi connectivity index (χ0) is 12.2. The number of carbonyl (C=O) groups excluding carboxylic acids is 1. The van der Waals surface area contributed by atoms with Gasteiger partial charge in [-0.25, -0.2) is 0 Å². The minimum atomic E-state index is -1.18. The highest BCUT2D eigenvalue weighted by Gasteiger charge is 2.58. The predicted octanol–water partition coefficient (Wildman–Crippen LogP) is 2.15. The molecule has 1 unspecified atom stereocenters. The highest BCUT2D eigenvalue weighted by Crippen LogP contribution is 2.48. The number of carbonyl (C=O) groups is 1. The lowest BCUT2D eigenvalue weighted by molar-refractivity contribution is -0.188. The number of fused-ring (bicyclic) bond motifs is 3. The molecular weight excluding hydrogens is 230 g/mol. The Balaban J connectivity index is 1.78. The van der Waals surface area contributed by atoms with Crippen LogP contribution in [0, 0.1) is 0 Å². The topological polar surface area (TPSA) is 47.6 Å². The van der Waals surface area contributed by atoms with Gasteiger partial charge in [-0.1, -0.05) is 31.0 Å². The van der Waals surface area contributed by atoms with Crippen molar-refractivity contribution in [2.45, 2.75) is 43.7 Å². The minimum Gasteiger partial charge on any atom is -0.332 e. The van der Waals surface area contributed by atoms with Crippen molar-refractivity contribution in [3.63, 3.8) is 0 Å². The molecule has 18 heavy (non-hydrogen) atoms. The minimum absolute atomic E-state index is 0.0654. The number of amides is 1. The number of rotatable bonds is 0.